The number of carboxylic acids is 1. The number of phenols is 1. The van der Waals surface area contributed by atoms with Crippen molar-refractivity contribution in [3.05, 3.63) is 35.4 Å². The second kappa shape index (κ2) is 6.62. The molecule has 2 N–H and O–H groups in total. The van der Waals surface area contributed by atoms with Crippen LogP contribution in [0.4, 0.5) is 0 Å². The van der Waals surface area contributed by atoms with E-state index in [4.69, 9.17) is 4.43 Å². The molecule has 0 aromatic heterocycles. The number of rotatable bonds is 6. The lowest BCUT2D eigenvalue weighted by atomic mass is 10.0. The number of aromatic carboxylic acids is 1. The fourth-order valence-electron chi connectivity index (χ4n) is 3.05. The molecular formula is C18H24O4Si. The number of hydrogen-bond donors (Lipinski definition) is 2. The summed E-state index contributed by atoms with van der Waals surface area (Å²) in [5, 5.41) is 21.0. The van der Waals surface area contributed by atoms with E-state index in [1.807, 2.05) is 19.1 Å². The fourth-order valence-corrected chi connectivity index (χ4v) is 5.61. The number of aryl methyl sites for hydroxylation is 1. The minimum Gasteiger partial charge on any atom is -0.543 e. The summed E-state index contributed by atoms with van der Waals surface area (Å²) in [4.78, 5) is 11.5. The molecule has 4 nitrogen and oxygen atoms in total. The highest BCUT2D eigenvalue weighted by atomic mass is 28.4. The third-order valence-electron chi connectivity index (χ3n) is 4.79. The lowest BCUT2D eigenvalue weighted by Crippen LogP contribution is -2.39. The zero-order valence-electron chi connectivity index (χ0n) is 14.1. The number of carbonyl (C=O) groups is 1. The van der Waals surface area contributed by atoms with Crippen molar-refractivity contribution in [1.29, 1.82) is 0 Å². The number of benzene rings is 2. The van der Waals surface area contributed by atoms with E-state index in [-0.39, 0.29) is 11.3 Å². The molecule has 124 valence electrons. The summed E-state index contributed by atoms with van der Waals surface area (Å²) >= 11 is 0. The molecule has 0 saturated heterocycles. The van der Waals surface area contributed by atoms with Gasteiger partial charge in [-0.3, -0.25) is 0 Å². The minimum atomic E-state index is -1.95. The molecular weight excluding hydrogens is 308 g/mol. The van der Waals surface area contributed by atoms with Crippen LogP contribution in [0.5, 0.6) is 11.5 Å². The van der Waals surface area contributed by atoms with Crippen LogP contribution in [0.15, 0.2) is 24.3 Å². The average molecular weight is 332 g/mol. The summed E-state index contributed by atoms with van der Waals surface area (Å²) in [6.07, 6.45) is 0. The Kier molecular flexibility index (Phi) is 4.99. The molecule has 0 spiro atoms. The zero-order valence-corrected chi connectivity index (χ0v) is 15.1. The maximum Gasteiger partial charge on any atom is 0.339 e. The molecule has 0 aliphatic heterocycles. The Balaban J connectivity index is 2.76. The predicted molar refractivity (Wildman–Crippen MR) is 95.1 cm³/mol. The van der Waals surface area contributed by atoms with Gasteiger partial charge in [0, 0.05) is 10.8 Å². The van der Waals surface area contributed by atoms with E-state index in [2.05, 4.69) is 20.8 Å². The summed E-state index contributed by atoms with van der Waals surface area (Å²) in [7, 11) is -1.95. The molecule has 0 radical (unpaired) electrons. The van der Waals surface area contributed by atoms with Gasteiger partial charge in [0.2, 0.25) is 0 Å². The first-order valence-electron chi connectivity index (χ1n) is 8.06. The van der Waals surface area contributed by atoms with Crippen LogP contribution in [-0.2, 0) is 0 Å². The van der Waals surface area contributed by atoms with Gasteiger partial charge in [0.25, 0.3) is 8.32 Å². The van der Waals surface area contributed by atoms with Gasteiger partial charge in [-0.15, -0.1) is 0 Å². The van der Waals surface area contributed by atoms with Gasteiger partial charge in [0.1, 0.15) is 17.1 Å². The smallest absolute Gasteiger partial charge is 0.339 e. The molecule has 0 heterocycles. The van der Waals surface area contributed by atoms with Crippen molar-refractivity contribution in [2.45, 2.75) is 45.8 Å². The lowest BCUT2D eigenvalue weighted by molar-refractivity contribution is 0.0693. The highest BCUT2D eigenvalue weighted by molar-refractivity contribution is 6.74. The highest BCUT2D eigenvalue weighted by Crippen LogP contribution is 2.40. The van der Waals surface area contributed by atoms with Crippen LogP contribution in [0.3, 0.4) is 0 Å². The minimum absolute atomic E-state index is 0.107. The van der Waals surface area contributed by atoms with E-state index in [0.29, 0.717) is 11.1 Å². The van der Waals surface area contributed by atoms with Gasteiger partial charge in [0.15, 0.2) is 0 Å². The average Bonchev–Trinajstić information content (AvgIpc) is 2.55. The predicted octanol–water partition coefficient (Wildman–Crippen LogP) is 4.94. The summed E-state index contributed by atoms with van der Waals surface area (Å²) in [6.45, 7) is 8.34. The summed E-state index contributed by atoms with van der Waals surface area (Å²) in [6, 6.07) is 9.89. The van der Waals surface area contributed by atoms with E-state index >= 15 is 0 Å². The Morgan fingerprint density at radius 1 is 1.17 bits per heavy atom. The second-order valence-corrected chi connectivity index (χ2v) is 10.6. The SMILES string of the molecule is CC[Si](CC)(CC)Oc1cc(C(=O)O)c(O)c2cccc(C)c12. The monoisotopic (exact) mass is 332 g/mol. The first-order chi connectivity index (χ1) is 10.9. The molecule has 0 amide bonds. The van der Waals surface area contributed by atoms with Gasteiger partial charge in [-0.1, -0.05) is 39.0 Å². The van der Waals surface area contributed by atoms with Gasteiger partial charge < -0.3 is 14.6 Å². The first kappa shape index (κ1) is 17.3. The zero-order chi connectivity index (χ0) is 17.2. The molecule has 0 aliphatic rings. The third-order valence-corrected chi connectivity index (χ3v) is 9.31. The normalized spacial score (nSPS) is 11.7. The number of hydrogen-bond acceptors (Lipinski definition) is 3. The van der Waals surface area contributed by atoms with Crippen LogP contribution in [0.2, 0.25) is 18.1 Å². The Bertz CT molecular complexity index is 727. The second-order valence-electron chi connectivity index (χ2n) is 5.92. The van der Waals surface area contributed by atoms with Crippen molar-refractivity contribution in [3.8, 4) is 11.5 Å². The first-order valence-corrected chi connectivity index (χ1v) is 10.6. The molecule has 0 unspecified atom stereocenters. The van der Waals surface area contributed by atoms with Crippen LogP contribution in [0.1, 0.15) is 36.7 Å². The Morgan fingerprint density at radius 2 is 1.78 bits per heavy atom. The van der Waals surface area contributed by atoms with E-state index in [1.165, 1.54) is 6.07 Å². The van der Waals surface area contributed by atoms with Crippen LogP contribution in [0.25, 0.3) is 10.8 Å². The van der Waals surface area contributed by atoms with E-state index in [0.717, 1.165) is 29.1 Å². The Hall–Kier alpha value is -2.01. The van der Waals surface area contributed by atoms with Crippen molar-refractivity contribution in [2.75, 3.05) is 0 Å². The van der Waals surface area contributed by atoms with E-state index in [1.54, 1.807) is 6.07 Å². The fraction of sp³-hybridized carbons (Fsp3) is 0.389. The largest absolute Gasteiger partial charge is 0.543 e. The van der Waals surface area contributed by atoms with Crippen LogP contribution in [-0.4, -0.2) is 24.5 Å². The Morgan fingerprint density at radius 3 is 2.30 bits per heavy atom. The van der Waals surface area contributed by atoms with Crippen molar-refractivity contribution >= 4 is 25.1 Å². The quantitative estimate of drug-likeness (QED) is 0.736. The number of carboxylic acid groups (broad SMARTS) is 1. The van der Waals surface area contributed by atoms with Crippen molar-refractivity contribution in [3.63, 3.8) is 0 Å². The maximum absolute atomic E-state index is 11.5. The molecule has 0 aliphatic carbocycles. The highest BCUT2D eigenvalue weighted by Gasteiger charge is 2.32. The van der Waals surface area contributed by atoms with Crippen molar-refractivity contribution in [1.82, 2.24) is 0 Å². The lowest BCUT2D eigenvalue weighted by Gasteiger charge is -2.30. The molecule has 2 aromatic rings. The van der Waals surface area contributed by atoms with Gasteiger partial charge in [0.05, 0.1) is 0 Å². The molecule has 5 heteroatoms. The van der Waals surface area contributed by atoms with Crippen molar-refractivity contribution < 1.29 is 19.4 Å². The summed E-state index contributed by atoms with van der Waals surface area (Å²) in [5.41, 5.74) is 0.861. The van der Waals surface area contributed by atoms with E-state index < -0.39 is 14.3 Å². The topological polar surface area (TPSA) is 66.8 Å². The standard InChI is InChI=1S/C18H24O4Si/c1-5-23(6-2,7-3)22-15-11-14(18(20)21)17(19)13-10-8-9-12(4)16(13)15/h8-11,19H,5-7H2,1-4H3,(H,20,21). The van der Waals surface area contributed by atoms with Crippen LogP contribution in [0, 0.1) is 6.92 Å². The van der Waals surface area contributed by atoms with Gasteiger partial charge in [-0.25, -0.2) is 4.79 Å². The van der Waals surface area contributed by atoms with Crippen molar-refractivity contribution in [2.24, 2.45) is 0 Å². The summed E-state index contributed by atoms with van der Waals surface area (Å²) < 4.78 is 6.45. The maximum atomic E-state index is 11.5. The van der Waals surface area contributed by atoms with Gasteiger partial charge in [-0.05, 0) is 36.7 Å². The van der Waals surface area contributed by atoms with Gasteiger partial charge in [-0.2, -0.15) is 0 Å². The molecule has 2 aromatic carbocycles. The molecule has 0 saturated carbocycles. The molecule has 0 atom stereocenters. The third kappa shape index (κ3) is 3.06. The molecule has 2 rings (SSSR count). The molecule has 23 heavy (non-hydrogen) atoms. The summed E-state index contributed by atoms with van der Waals surface area (Å²) in [5.74, 6) is -0.752. The molecule has 0 bridgehead atoms. The number of aromatic hydroxyl groups is 1. The van der Waals surface area contributed by atoms with Crippen LogP contribution >= 0.6 is 0 Å². The van der Waals surface area contributed by atoms with E-state index in [9.17, 15) is 15.0 Å². The molecule has 0 fully saturated rings. The van der Waals surface area contributed by atoms with Gasteiger partial charge >= 0.3 is 5.97 Å². The Labute approximate surface area is 137 Å². The number of fused-ring (bicyclic) bond motifs is 1. The van der Waals surface area contributed by atoms with Crippen LogP contribution < -0.4 is 4.43 Å².